The predicted molar refractivity (Wildman–Crippen MR) is 63.2 cm³/mol. The molecule has 0 aromatic heterocycles. The maximum atomic E-state index is 5.71. The fourth-order valence-corrected chi connectivity index (χ4v) is 1.28. The van der Waals surface area contributed by atoms with Gasteiger partial charge in [0.15, 0.2) is 0 Å². The first-order valence-corrected chi connectivity index (χ1v) is 4.91. The number of hydrogen-bond donors (Lipinski definition) is 2. The lowest BCUT2D eigenvalue weighted by atomic mass is 10.1. The zero-order chi connectivity index (χ0) is 10.4. The minimum Gasteiger partial charge on any atom is -0.399 e. The Kier molecular flexibility index (Phi) is 4.20. The van der Waals surface area contributed by atoms with Crippen LogP contribution in [0.1, 0.15) is 17.5 Å². The Labute approximate surface area is 85.8 Å². The summed E-state index contributed by atoms with van der Waals surface area (Å²) in [5.74, 6) is 0. The van der Waals surface area contributed by atoms with Crippen LogP contribution in [0, 0.1) is 6.92 Å². The lowest BCUT2D eigenvalue weighted by molar-refractivity contribution is 0.809. The molecule has 1 aromatic carbocycles. The minimum absolute atomic E-state index is 0.823. The summed E-state index contributed by atoms with van der Waals surface area (Å²) in [6, 6.07) is 5.98. The summed E-state index contributed by atoms with van der Waals surface area (Å²) in [5.41, 5.74) is 9.01. The van der Waals surface area contributed by atoms with E-state index in [1.165, 1.54) is 11.1 Å². The van der Waals surface area contributed by atoms with E-state index in [0.29, 0.717) is 0 Å². The van der Waals surface area contributed by atoms with E-state index < -0.39 is 0 Å². The van der Waals surface area contributed by atoms with Gasteiger partial charge in [-0.25, -0.2) is 0 Å². The van der Waals surface area contributed by atoms with Gasteiger partial charge >= 0.3 is 0 Å². The van der Waals surface area contributed by atoms with Crippen LogP contribution < -0.4 is 11.1 Å². The van der Waals surface area contributed by atoms with E-state index in [4.69, 9.17) is 5.73 Å². The standard InChI is InChI=1S/C12H18N2/c1-10-6-7-12(13)9-11(10)5-3-4-8-14-2/h3,5-7,9,14H,4,8,13H2,1-2H3. The van der Waals surface area contributed by atoms with Crippen molar-refractivity contribution >= 4 is 11.8 Å². The highest BCUT2D eigenvalue weighted by Gasteiger charge is 1.93. The van der Waals surface area contributed by atoms with E-state index in [2.05, 4.69) is 24.4 Å². The summed E-state index contributed by atoms with van der Waals surface area (Å²) in [6.07, 6.45) is 5.34. The average molecular weight is 190 g/mol. The number of nitrogen functional groups attached to an aromatic ring is 1. The summed E-state index contributed by atoms with van der Waals surface area (Å²) >= 11 is 0. The van der Waals surface area contributed by atoms with Crippen molar-refractivity contribution < 1.29 is 0 Å². The first kappa shape index (κ1) is 10.8. The van der Waals surface area contributed by atoms with Crippen LogP contribution in [0.15, 0.2) is 24.3 Å². The average Bonchev–Trinajstić information content (AvgIpc) is 2.18. The van der Waals surface area contributed by atoms with Gasteiger partial charge in [0.05, 0.1) is 0 Å². The van der Waals surface area contributed by atoms with Crippen LogP contribution in [0.4, 0.5) is 5.69 Å². The number of nitrogens with one attached hydrogen (secondary N) is 1. The normalized spacial score (nSPS) is 11.0. The first-order chi connectivity index (χ1) is 6.74. The third kappa shape index (κ3) is 3.23. The molecule has 0 aliphatic heterocycles. The van der Waals surface area contributed by atoms with Gasteiger partial charge in [-0.1, -0.05) is 18.2 Å². The largest absolute Gasteiger partial charge is 0.399 e. The second kappa shape index (κ2) is 5.45. The Balaban J connectivity index is 2.65. The van der Waals surface area contributed by atoms with E-state index in [1.54, 1.807) is 0 Å². The van der Waals surface area contributed by atoms with Crippen LogP contribution in [-0.2, 0) is 0 Å². The molecule has 1 aromatic rings. The molecule has 0 bridgehead atoms. The summed E-state index contributed by atoms with van der Waals surface area (Å²) in [6.45, 7) is 3.11. The zero-order valence-electron chi connectivity index (χ0n) is 8.88. The van der Waals surface area contributed by atoms with Gasteiger partial charge in [-0.05, 0) is 50.2 Å². The summed E-state index contributed by atoms with van der Waals surface area (Å²) in [4.78, 5) is 0. The summed E-state index contributed by atoms with van der Waals surface area (Å²) in [7, 11) is 1.96. The lowest BCUT2D eigenvalue weighted by Gasteiger charge is -2.01. The van der Waals surface area contributed by atoms with Crippen LogP contribution in [0.5, 0.6) is 0 Å². The van der Waals surface area contributed by atoms with E-state index in [-0.39, 0.29) is 0 Å². The summed E-state index contributed by atoms with van der Waals surface area (Å²) < 4.78 is 0. The van der Waals surface area contributed by atoms with Gasteiger partial charge in [-0.15, -0.1) is 0 Å². The molecule has 76 valence electrons. The van der Waals surface area contributed by atoms with Crippen LogP contribution in [0.25, 0.3) is 6.08 Å². The van der Waals surface area contributed by atoms with Crippen molar-refractivity contribution in [2.24, 2.45) is 0 Å². The number of nitrogens with two attached hydrogens (primary N) is 1. The molecule has 0 unspecified atom stereocenters. The van der Waals surface area contributed by atoms with Crippen molar-refractivity contribution in [3.63, 3.8) is 0 Å². The quantitative estimate of drug-likeness (QED) is 0.564. The molecule has 0 heterocycles. The number of anilines is 1. The number of rotatable bonds is 4. The van der Waals surface area contributed by atoms with Crippen molar-refractivity contribution in [2.45, 2.75) is 13.3 Å². The van der Waals surface area contributed by atoms with E-state index >= 15 is 0 Å². The smallest absolute Gasteiger partial charge is 0.0320 e. The SMILES string of the molecule is CNCCC=Cc1cc(N)ccc1C. The Morgan fingerprint density at radius 1 is 1.43 bits per heavy atom. The molecule has 1 rings (SSSR count). The molecule has 0 amide bonds. The van der Waals surface area contributed by atoms with Crippen LogP contribution in [-0.4, -0.2) is 13.6 Å². The first-order valence-electron chi connectivity index (χ1n) is 4.91. The molecule has 0 saturated heterocycles. The highest BCUT2D eigenvalue weighted by molar-refractivity contribution is 5.59. The molecule has 0 saturated carbocycles. The van der Waals surface area contributed by atoms with Crippen molar-refractivity contribution in [3.8, 4) is 0 Å². The van der Waals surface area contributed by atoms with Crippen molar-refractivity contribution in [2.75, 3.05) is 19.3 Å². The molecule has 0 aliphatic carbocycles. The fourth-order valence-electron chi connectivity index (χ4n) is 1.28. The van der Waals surface area contributed by atoms with Crippen LogP contribution in [0.2, 0.25) is 0 Å². The maximum Gasteiger partial charge on any atom is 0.0320 e. The monoisotopic (exact) mass is 190 g/mol. The van der Waals surface area contributed by atoms with E-state index in [1.807, 2.05) is 25.2 Å². The third-order valence-electron chi connectivity index (χ3n) is 2.16. The Bertz CT molecular complexity index is 316. The Morgan fingerprint density at radius 3 is 2.93 bits per heavy atom. The number of aryl methyl sites for hydroxylation is 1. The van der Waals surface area contributed by atoms with Gasteiger partial charge in [0.25, 0.3) is 0 Å². The minimum atomic E-state index is 0.823. The van der Waals surface area contributed by atoms with E-state index in [0.717, 1.165) is 18.7 Å². The fraction of sp³-hybridized carbons (Fsp3) is 0.333. The highest BCUT2D eigenvalue weighted by Crippen LogP contribution is 2.14. The lowest BCUT2D eigenvalue weighted by Crippen LogP contribution is -2.05. The molecule has 2 heteroatoms. The van der Waals surface area contributed by atoms with Gasteiger partial charge in [-0.3, -0.25) is 0 Å². The van der Waals surface area contributed by atoms with Gasteiger partial charge in [-0.2, -0.15) is 0 Å². The predicted octanol–water partition coefficient (Wildman–Crippen LogP) is 2.20. The summed E-state index contributed by atoms with van der Waals surface area (Å²) in [5, 5.41) is 3.10. The molecule has 3 N–H and O–H groups in total. The zero-order valence-corrected chi connectivity index (χ0v) is 8.88. The van der Waals surface area contributed by atoms with Crippen molar-refractivity contribution in [3.05, 3.63) is 35.4 Å². The van der Waals surface area contributed by atoms with Crippen LogP contribution in [0.3, 0.4) is 0 Å². The molecule has 2 nitrogen and oxygen atoms in total. The molecular weight excluding hydrogens is 172 g/mol. The topological polar surface area (TPSA) is 38.0 Å². The van der Waals surface area contributed by atoms with Crippen LogP contribution >= 0.6 is 0 Å². The molecule has 0 spiro atoms. The van der Waals surface area contributed by atoms with Gasteiger partial charge < -0.3 is 11.1 Å². The molecular formula is C12H18N2. The molecule has 0 aliphatic rings. The second-order valence-corrected chi connectivity index (χ2v) is 3.41. The Hall–Kier alpha value is -1.28. The van der Waals surface area contributed by atoms with Crippen molar-refractivity contribution in [1.82, 2.24) is 5.32 Å². The molecule has 0 radical (unpaired) electrons. The van der Waals surface area contributed by atoms with Gasteiger partial charge in [0, 0.05) is 5.69 Å². The molecule has 0 fully saturated rings. The van der Waals surface area contributed by atoms with Crippen molar-refractivity contribution in [1.29, 1.82) is 0 Å². The number of benzene rings is 1. The van der Waals surface area contributed by atoms with E-state index in [9.17, 15) is 0 Å². The maximum absolute atomic E-state index is 5.71. The van der Waals surface area contributed by atoms with Gasteiger partial charge in [0.2, 0.25) is 0 Å². The molecule has 14 heavy (non-hydrogen) atoms. The Morgan fingerprint density at radius 2 is 2.21 bits per heavy atom. The molecule has 0 atom stereocenters. The third-order valence-corrected chi connectivity index (χ3v) is 2.16. The van der Waals surface area contributed by atoms with Gasteiger partial charge in [0.1, 0.15) is 0 Å². The second-order valence-electron chi connectivity index (χ2n) is 3.41. The highest BCUT2D eigenvalue weighted by atomic mass is 14.8. The number of hydrogen-bond acceptors (Lipinski definition) is 2.